The molecule has 322 valence electrons. The molecule has 0 aromatic heterocycles. The first kappa shape index (κ1) is 40.1. The lowest BCUT2D eigenvalue weighted by Gasteiger charge is -2.35. The van der Waals surface area contributed by atoms with E-state index in [-0.39, 0.29) is 0 Å². The van der Waals surface area contributed by atoms with Gasteiger partial charge in [-0.25, -0.2) is 0 Å². The van der Waals surface area contributed by atoms with Crippen LogP contribution in [0.2, 0.25) is 0 Å². The molecule has 68 heavy (non-hydrogen) atoms. The molecule has 0 unspecified atom stereocenters. The quantitative estimate of drug-likeness (QED) is 0.154. The zero-order valence-corrected chi connectivity index (χ0v) is 38.8. The second-order valence-corrected chi connectivity index (χ2v) is 19.1. The second kappa shape index (κ2) is 15.4. The maximum absolute atomic E-state index is 2.63. The van der Waals surface area contributed by atoms with Crippen LogP contribution in [0.4, 0.5) is 17.1 Å². The number of nitrogens with zero attached hydrogens (tertiary/aromatic N) is 1. The zero-order valence-electron chi connectivity index (χ0n) is 38.8. The third kappa shape index (κ3) is 5.88. The summed E-state index contributed by atoms with van der Waals surface area (Å²) in [6.45, 7) is 8.94. The van der Waals surface area contributed by atoms with E-state index in [0.29, 0.717) is 0 Å². The SMILES string of the molecule is Cc1cc(C)cc(-c2c3c(c(-c4cc(C)cc(C)c4)c4ccccc24)-c2cc4c(c5cccc-3c25)-c2ccc(N(c3ccccc3)c3ccccc3)cc2C4(c2ccccc2)c2ccccc2)c1. The standard InChI is InChI=1S/C67H49N/c1-42-34-43(2)37-46(36-42)61-53-28-17-18-29-54(53)62(47-38-44(3)35-45(4)39-47)66-58-41-60-64(56-30-19-31-57(63(56)58)65(61)66)55-33-32-52(68(50-24-13-7-14-25-50)51-26-15-8-16-27-51)40-59(55)67(60,48-20-9-5-10-21-48)49-22-11-6-12-23-49/h5-41H,1-4H3. The molecule has 0 N–H and O–H groups in total. The molecule has 0 amide bonds. The summed E-state index contributed by atoms with van der Waals surface area (Å²) in [4.78, 5) is 2.40. The molecule has 0 spiro atoms. The minimum Gasteiger partial charge on any atom is -0.310 e. The highest BCUT2D eigenvalue weighted by Gasteiger charge is 2.48. The molecular weight excluding hydrogens is 819 g/mol. The largest absolute Gasteiger partial charge is 0.310 e. The van der Waals surface area contributed by atoms with E-state index >= 15 is 0 Å². The summed E-state index contributed by atoms with van der Waals surface area (Å²) >= 11 is 0. The molecule has 2 aliphatic rings. The molecule has 0 atom stereocenters. The molecule has 11 aromatic carbocycles. The Kier molecular flexibility index (Phi) is 9.07. The third-order valence-electron chi connectivity index (χ3n) is 14.7. The van der Waals surface area contributed by atoms with Gasteiger partial charge in [0.15, 0.2) is 0 Å². The Morgan fingerprint density at radius 2 is 0.750 bits per heavy atom. The number of benzene rings is 11. The summed E-state index contributed by atoms with van der Waals surface area (Å²) in [7, 11) is 0. The summed E-state index contributed by atoms with van der Waals surface area (Å²) in [5.41, 5.74) is 25.8. The molecule has 0 aliphatic heterocycles. The summed E-state index contributed by atoms with van der Waals surface area (Å²) in [6.07, 6.45) is 0. The topological polar surface area (TPSA) is 3.24 Å². The molecule has 2 aliphatic carbocycles. The molecule has 1 nitrogen and oxygen atoms in total. The summed E-state index contributed by atoms with van der Waals surface area (Å²) in [5, 5.41) is 5.18. The van der Waals surface area contributed by atoms with Crippen LogP contribution in [0.3, 0.4) is 0 Å². The Hall–Kier alpha value is -8.26. The van der Waals surface area contributed by atoms with Crippen molar-refractivity contribution in [3.63, 3.8) is 0 Å². The van der Waals surface area contributed by atoms with E-state index in [2.05, 4.69) is 257 Å². The molecule has 0 bridgehead atoms. The highest BCUT2D eigenvalue weighted by molar-refractivity contribution is 6.29. The van der Waals surface area contributed by atoms with Crippen LogP contribution in [0.15, 0.2) is 224 Å². The summed E-state index contributed by atoms with van der Waals surface area (Å²) < 4.78 is 0. The minimum absolute atomic E-state index is 0.654. The highest BCUT2D eigenvalue weighted by atomic mass is 15.1. The van der Waals surface area contributed by atoms with Gasteiger partial charge in [0.2, 0.25) is 0 Å². The molecular formula is C67H49N. The number of rotatable bonds is 7. The van der Waals surface area contributed by atoms with Gasteiger partial charge in [-0.3, -0.25) is 0 Å². The smallest absolute Gasteiger partial charge is 0.0714 e. The van der Waals surface area contributed by atoms with E-state index in [1.165, 1.54) is 122 Å². The maximum Gasteiger partial charge on any atom is 0.0714 e. The summed E-state index contributed by atoms with van der Waals surface area (Å²) in [5.74, 6) is 0. The van der Waals surface area contributed by atoms with Gasteiger partial charge in [0.25, 0.3) is 0 Å². The van der Waals surface area contributed by atoms with Crippen molar-refractivity contribution in [1.82, 2.24) is 0 Å². The molecule has 0 fully saturated rings. The fourth-order valence-electron chi connectivity index (χ4n) is 12.4. The van der Waals surface area contributed by atoms with Crippen LogP contribution in [0.1, 0.15) is 44.5 Å². The Morgan fingerprint density at radius 3 is 1.26 bits per heavy atom. The predicted octanol–water partition coefficient (Wildman–Crippen LogP) is 18.0. The number of hydrogen-bond donors (Lipinski definition) is 0. The molecule has 13 rings (SSSR count). The van der Waals surface area contributed by atoms with Crippen LogP contribution < -0.4 is 4.90 Å². The first-order chi connectivity index (χ1) is 33.4. The van der Waals surface area contributed by atoms with E-state index in [1.807, 2.05) is 0 Å². The van der Waals surface area contributed by atoms with Gasteiger partial charge in [0.05, 0.1) is 5.41 Å². The number of para-hydroxylation sites is 2. The number of hydrogen-bond acceptors (Lipinski definition) is 1. The Bertz CT molecular complexity index is 3690. The first-order valence-electron chi connectivity index (χ1n) is 23.9. The zero-order chi connectivity index (χ0) is 45.7. The fraction of sp³-hybridized carbons (Fsp3) is 0.0746. The van der Waals surface area contributed by atoms with Crippen molar-refractivity contribution < 1.29 is 0 Å². The van der Waals surface area contributed by atoms with Gasteiger partial charge in [-0.15, -0.1) is 0 Å². The fourth-order valence-corrected chi connectivity index (χ4v) is 12.4. The Morgan fingerprint density at radius 1 is 0.294 bits per heavy atom. The van der Waals surface area contributed by atoms with Crippen molar-refractivity contribution in [2.45, 2.75) is 33.1 Å². The van der Waals surface area contributed by atoms with Crippen LogP contribution in [-0.4, -0.2) is 0 Å². The maximum atomic E-state index is 2.63. The number of aryl methyl sites for hydroxylation is 4. The van der Waals surface area contributed by atoms with Crippen molar-refractivity contribution in [3.05, 3.63) is 269 Å². The van der Waals surface area contributed by atoms with Crippen molar-refractivity contribution in [2.24, 2.45) is 0 Å². The van der Waals surface area contributed by atoms with Gasteiger partial charge < -0.3 is 4.90 Å². The summed E-state index contributed by atoms with van der Waals surface area (Å²) in [6, 6.07) is 84.5. The van der Waals surface area contributed by atoms with E-state index in [4.69, 9.17) is 0 Å². The average Bonchev–Trinajstić information content (AvgIpc) is 3.84. The third-order valence-corrected chi connectivity index (χ3v) is 14.7. The van der Waals surface area contributed by atoms with E-state index in [9.17, 15) is 0 Å². The van der Waals surface area contributed by atoms with Crippen LogP contribution in [0.5, 0.6) is 0 Å². The minimum atomic E-state index is -0.654. The van der Waals surface area contributed by atoms with Gasteiger partial charge in [-0.2, -0.15) is 0 Å². The van der Waals surface area contributed by atoms with Crippen LogP contribution in [-0.2, 0) is 5.41 Å². The van der Waals surface area contributed by atoms with Crippen molar-refractivity contribution in [1.29, 1.82) is 0 Å². The predicted molar refractivity (Wildman–Crippen MR) is 288 cm³/mol. The van der Waals surface area contributed by atoms with Crippen LogP contribution in [0.25, 0.3) is 77.2 Å². The van der Waals surface area contributed by atoms with Crippen molar-refractivity contribution in [2.75, 3.05) is 4.90 Å². The van der Waals surface area contributed by atoms with Gasteiger partial charge in [0.1, 0.15) is 0 Å². The molecule has 11 aromatic rings. The first-order valence-corrected chi connectivity index (χ1v) is 23.9. The highest BCUT2D eigenvalue weighted by Crippen LogP contribution is 2.64. The average molecular weight is 868 g/mol. The Labute approximate surface area is 399 Å². The lowest BCUT2D eigenvalue weighted by atomic mass is 9.67. The lowest BCUT2D eigenvalue weighted by molar-refractivity contribution is 0.769. The molecule has 0 radical (unpaired) electrons. The van der Waals surface area contributed by atoms with Crippen LogP contribution >= 0.6 is 0 Å². The Balaban J connectivity index is 1.20. The monoisotopic (exact) mass is 867 g/mol. The molecule has 0 saturated heterocycles. The van der Waals surface area contributed by atoms with Gasteiger partial charge in [-0.05, 0) is 170 Å². The number of fused-ring (bicyclic) bond motifs is 8. The van der Waals surface area contributed by atoms with E-state index in [0.717, 1.165) is 17.1 Å². The molecule has 1 heteroatoms. The van der Waals surface area contributed by atoms with Gasteiger partial charge in [-0.1, -0.05) is 204 Å². The van der Waals surface area contributed by atoms with Crippen molar-refractivity contribution in [3.8, 4) is 55.6 Å². The number of anilines is 3. The molecule has 0 saturated carbocycles. The van der Waals surface area contributed by atoms with Crippen molar-refractivity contribution >= 4 is 38.6 Å². The molecule has 0 heterocycles. The van der Waals surface area contributed by atoms with Gasteiger partial charge >= 0.3 is 0 Å². The van der Waals surface area contributed by atoms with E-state index in [1.54, 1.807) is 0 Å². The van der Waals surface area contributed by atoms with E-state index < -0.39 is 5.41 Å². The van der Waals surface area contributed by atoms with Crippen LogP contribution in [0, 0.1) is 27.7 Å². The lowest BCUT2D eigenvalue weighted by Crippen LogP contribution is -2.29. The normalized spacial score (nSPS) is 12.8. The van der Waals surface area contributed by atoms with Gasteiger partial charge in [0, 0.05) is 17.1 Å². The second-order valence-electron chi connectivity index (χ2n) is 19.1.